The zero-order chi connectivity index (χ0) is 19.3. The van der Waals surface area contributed by atoms with Crippen LogP contribution in [0, 0.1) is 5.82 Å². The van der Waals surface area contributed by atoms with Gasteiger partial charge in [-0.05, 0) is 48.0 Å². The number of rotatable bonds is 5. The largest absolute Gasteiger partial charge is 0.379 e. The molecule has 1 aliphatic rings. The molecule has 2 aromatic carbocycles. The van der Waals surface area contributed by atoms with Gasteiger partial charge in [-0.1, -0.05) is 12.1 Å². The van der Waals surface area contributed by atoms with E-state index in [-0.39, 0.29) is 16.6 Å². The molecule has 0 unspecified atom stereocenters. The van der Waals surface area contributed by atoms with Gasteiger partial charge in [0.15, 0.2) is 0 Å². The topological polar surface area (TPSA) is 75.7 Å². The highest BCUT2D eigenvalue weighted by Crippen LogP contribution is 2.18. The zero-order valence-electron chi connectivity index (χ0n) is 14.5. The predicted molar refractivity (Wildman–Crippen MR) is 100 cm³/mol. The van der Waals surface area contributed by atoms with E-state index >= 15 is 0 Å². The van der Waals surface area contributed by atoms with Gasteiger partial charge in [-0.25, -0.2) is 12.8 Å². The molecule has 1 aliphatic heterocycles. The molecule has 3 rings (SSSR count). The van der Waals surface area contributed by atoms with Crippen LogP contribution in [-0.2, 0) is 19.6 Å². The van der Waals surface area contributed by atoms with Gasteiger partial charge in [-0.15, -0.1) is 0 Å². The second-order valence-electron chi connectivity index (χ2n) is 5.91. The highest BCUT2D eigenvalue weighted by atomic mass is 32.2. The van der Waals surface area contributed by atoms with Crippen molar-refractivity contribution in [3.63, 3.8) is 0 Å². The third kappa shape index (κ3) is 5.00. The van der Waals surface area contributed by atoms with Gasteiger partial charge in [-0.2, -0.15) is 4.31 Å². The van der Waals surface area contributed by atoms with Crippen molar-refractivity contribution in [1.29, 1.82) is 0 Å². The van der Waals surface area contributed by atoms with Crippen LogP contribution in [0.3, 0.4) is 0 Å². The van der Waals surface area contributed by atoms with Crippen LogP contribution < -0.4 is 5.32 Å². The van der Waals surface area contributed by atoms with E-state index in [4.69, 9.17) is 4.74 Å². The van der Waals surface area contributed by atoms with Crippen molar-refractivity contribution in [1.82, 2.24) is 4.31 Å². The molecule has 0 aromatic heterocycles. The minimum absolute atomic E-state index is 0.206. The highest BCUT2D eigenvalue weighted by Gasteiger charge is 2.25. The van der Waals surface area contributed by atoms with Gasteiger partial charge in [0, 0.05) is 24.9 Å². The van der Waals surface area contributed by atoms with E-state index in [0.717, 1.165) is 0 Å². The van der Waals surface area contributed by atoms with Crippen LogP contribution in [0.1, 0.15) is 5.56 Å². The molecule has 8 heteroatoms. The normalized spacial score (nSPS) is 15.7. The second-order valence-corrected chi connectivity index (χ2v) is 7.85. The van der Waals surface area contributed by atoms with E-state index in [0.29, 0.717) is 37.6 Å². The van der Waals surface area contributed by atoms with Crippen molar-refractivity contribution in [3.05, 3.63) is 66.0 Å². The van der Waals surface area contributed by atoms with Gasteiger partial charge in [0.1, 0.15) is 5.82 Å². The summed E-state index contributed by atoms with van der Waals surface area (Å²) < 4.78 is 44.5. The van der Waals surface area contributed by atoms with Gasteiger partial charge in [0.05, 0.1) is 18.1 Å². The Morgan fingerprint density at radius 2 is 1.67 bits per heavy atom. The summed E-state index contributed by atoms with van der Waals surface area (Å²) in [6, 6.07) is 11.7. The Morgan fingerprint density at radius 3 is 2.30 bits per heavy atom. The number of anilines is 1. The van der Waals surface area contributed by atoms with Gasteiger partial charge in [-0.3, -0.25) is 4.79 Å². The van der Waals surface area contributed by atoms with Crippen molar-refractivity contribution in [3.8, 4) is 0 Å². The summed E-state index contributed by atoms with van der Waals surface area (Å²) in [4.78, 5) is 12.1. The summed E-state index contributed by atoms with van der Waals surface area (Å²) >= 11 is 0. The van der Waals surface area contributed by atoms with Crippen molar-refractivity contribution in [2.45, 2.75) is 4.90 Å². The van der Waals surface area contributed by atoms with E-state index in [1.807, 2.05) is 0 Å². The van der Waals surface area contributed by atoms with Gasteiger partial charge < -0.3 is 10.1 Å². The molecule has 0 spiro atoms. The third-order valence-electron chi connectivity index (χ3n) is 4.03. The minimum Gasteiger partial charge on any atom is -0.379 e. The molecule has 0 atom stereocenters. The summed E-state index contributed by atoms with van der Waals surface area (Å²) in [7, 11) is -3.53. The molecule has 0 saturated carbocycles. The van der Waals surface area contributed by atoms with E-state index < -0.39 is 10.0 Å². The lowest BCUT2D eigenvalue weighted by Crippen LogP contribution is -2.40. The minimum atomic E-state index is -3.53. The highest BCUT2D eigenvalue weighted by molar-refractivity contribution is 7.89. The lowest BCUT2D eigenvalue weighted by molar-refractivity contribution is -0.111. The number of benzene rings is 2. The number of nitrogens with one attached hydrogen (secondary N) is 1. The summed E-state index contributed by atoms with van der Waals surface area (Å²) in [5.74, 6) is -0.748. The first-order valence-corrected chi connectivity index (χ1v) is 9.82. The van der Waals surface area contributed by atoms with E-state index in [1.54, 1.807) is 18.2 Å². The molecule has 1 saturated heterocycles. The fourth-order valence-electron chi connectivity index (χ4n) is 2.58. The first-order valence-electron chi connectivity index (χ1n) is 8.38. The predicted octanol–water partition coefficient (Wildman–Crippen LogP) is 2.50. The number of sulfonamides is 1. The molecule has 6 nitrogen and oxygen atoms in total. The molecule has 0 aliphatic carbocycles. The number of carbonyl (C=O) groups excluding carboxylic acids is 1. The Bertz CT molecular complexity index is 919. The van der Waals surface area contributed by atoms with Crippen LogP contribution in [0.2, 0.25) is 0 Å². The third-order valence-corrected chi connectivity index (χ3v) is 5.94. The standard InChI is InChI=1S/C19H19FN2O4S/c20-16-4-6-17(7-5-16)21-19(23)10-3-15-1-8-18(9-2-15)27(24,25)22-11-13-26-14-12-22/h1-10H,11-14H2,(H,21,23)/b10-3+. The number of hydrogen-bond donors (Lipinski definition) is 1. The second kappa shape index (κ2) is 8.43. The fraction of sp³-hybridized carbons (Fsp3) is 0.211. The molecule has 1 fully saturated rings. The van der Waals surface area contributed by atoms with E-state index in [9.17, 15) is 17.6 Å². The van der Waals surface area contributed by atoms with Crippen molar-refractivity contribution in [2.24, 2.45) is 0 Å². The quantitative estimate of drug-likeness (QED) is 0.796. The Hall–Kier alpha value is -2.55. The van der Waals surface area contributed by atoms with Crippen molar-refractivity contribution < 1.29 is 22.3 Å². The summed E-state index contributed by atoms with van der Waals surface area (Å²) in [5, 5.41) is 2.61. The lowest BCUT2D eigenvalue weighted by Gasteiger charge is -2.26. The number of hydrogen-bond acceptors (Lipinski definition) is 4. The van der Waals surface area contributed by atoms with Crippen molar-refractivity contribution in [2.75, 3.05) is 31.6 Å². The Morgan fingerprint density at radius 1 is 1.04 bits per heavy atom. The number of morpholine rings is 1. The molecule has 0 bridgehead atoms. The van der Waals surface area contributed by atoms with Crippen LogP contribution in [0.5, 0.6) is 0 Å². The van der Waals surface area contributed by atoms with E-state index in [1.165, 1.54) is 46.8 Å². The number of nitrogens with zero attached hydrogens (tertiary/aromatic N) is 1. The van der Waals surface area contributed by atoms with Gasteiger partial charge in [0.2, 0.25) is 15.9 Å². The van der Waals surface area contributed by atoms with Crippen LogP contribution >= 0.6 is 0 Å². The number of carbonyl (C=O) groups is 1. The summed E-state index contributed by atoms with van der Waals surface area (Å²) in [6.45, 7) is 1.47. The smallest absolute Gasteiger partial charge is 0.248 e. The van der Waals surface area contributed by atoms with Crippen LogP contribution in [-0.4, -0.2) is 44.9 Å². The summed E-state index contributed by atoms with van der Waals surface area (Å²) in [6.07, 6.45) is 2.90. The first kappa shape index (κ1) is 19.2. The molecule has 142 valence electrons. The Labute approximate surface area is 157 Å². The first-order chi connectivity index (χ1) is 12.9. The maximum absolute atomic E-state index is 12.9. The molecular weight excluding hydrogens is 371 g/mol. The maximum atomic E-state index is 12.9. The van der Waals surface area contributed by atoms with Crippen LogP contribution in [0.15, 0.2) is 59.5 Å². The zero-order valence-corrected chi connectivity index (χ0v) is 15.3. The average Bonchev–Trinajstić information content (AvgIpc) is 2.69. The number of ether oxygens (including phenoxy) is 1. The molecule has 27 heavy (non-hydrogen) atoms. The van der Waals surface area contributed by atoms with Gasteiger partial charge in [0.25, 0.3) is 0 Å². The molecule has 1 N–H and O–H groups in total. The van der Waals surface area contributed by atoms with E-state index in [2.05, 4.69) is 5.32 Å². The SMILES string of the molecule is O=C(/C=C/c1ccc(S(=O)(=O)N2CCOCC2)cc1)Nc1ccc(F)cc1. The van der Waals surface area contributed by atoms with Crippen molar-refractivity contribution >= 4 is 27.7 Å². The monoisotopic (exact) mass is 390 g/mol. The molecule has 2 aromatic rings. The van der Waals surface area contributed by atoms with Crippen LogP contribution in [0.25, 0.3) is 6.08 Å². The lowest BCUT2D eigenvalue weighted by atomic mass is 10.2. The number of amides is 1. The summed E-state index contributed by atoms with van der Waals surface area (Å²) in [5.41, 5.74) is 1.17. The Kier molecular flexibility index (Phi) is 6.00. The van der Waals surface area contributed by atoms with Gasteiger partial charge >= 0.3 is 0 Å². The fourth-order valence-corrected chi connectivity index (χ4v) is 3.98. The maximum Gasteiger partial charge on any atom is 0.248 e. The Balaban J connectivity index is 1.63. The molecule has 0 radical (unpaired) electrons. The molecule has 1 amide bonds. The molecule has 1 heterocycles. The number of halogens is 1. The average molecular weight is 390 g/mol. The van der Waals surface area contributed by atoms with Crippen LogP contribution in [0.4, 0.5) is 10.1 Å². The molecular formula is C19H19FN2O4S.